The number of aryl methyl sites for hydroxylation is 2. The Hall–Kier alpha value is -3.27. The van der Waals surface area contributed by atoms with Crippen molar-refractivity contribution in [1.29, 1.82) is 0 Å². The van der Waals surface area contributed by atoms with E-state index in [9.17, 15) is 4.79 Å². The zero-order valence-corrected chi connectivity index (χ0v) is 19.9. The second kappa shape index (κ2) is 9.90. The molecule has 0 radical (unpaired) electrons. The number of anilines is 1. The summed E-state index contributed by atoms with van der Waals surface area (Å²) in [6.07, 6.45) is 0. The van der Waals surface area contributed by atoms with Crippen LogP contribution in [0.25, 0.3) is 0 Å². The summed E-state index contributed by atoms with van der Waals surface area (Å²) in [4.78, 5) is 12.9. The van der Waals surface area contributed by atoms with Gasteiger partial charge in [-0.2, -0.15) is 0 Å². The Morgan fingerprint density at radius 3 is 2.25 bits per heavy atom. The highest BCUT2D eigenvalue weighted by Crippen LogP contribution is 2.27. The maximum Gasteiger partial charge on any atom is 0.255 e. The molecule has 0 saturated carbocycles. The average molecular weight is 432 g/mol. The van der Waals surface area contributed by atoms with Gasteiger partial charge in [0.15, 0.2) is 0 Å². The third-order valence-corrected chi connectivity index (χ3v) is 5.37. The van der Waals surface area contributed by atoms with Crippen molar-refractivity contribution < 1.29 is 14.3 Å². The predicted octanol–water partition coefficient (Wildman–Crippen LogP) is 6.83. The normalized spacial score (nSPS) is 11.2. The summed E-state index contributed by atoms with van der Waals surface area (Å²) in [5, 5.41) is 3.01. The molecule has 0 aliphatic carbocycles. The fraction of sp³-hybridized carbons (Fsp3) is 0.321. The van der Waals surface area contributed by atoms with E-state index in [0.717, 1.165) is 33.9 Å². The molecule has 0 unspecified atom stereocenters. The lowest BCUT2D eigenvalue weighted by Crippen LogP contribution is -2.14. The quantitative estimate of drug-likeness (QED) is 0.446. The van der Waals surface area contributed by atoms with E-state index in [2.05, 4.69) is 44.3 Å². The van der Waals surface area contributed by atoms with Crippen molar-refractivity contribution in [3.8, 4) is 11.5 Å². The highest BCUT2D eigenvalue weighted by atomic mass is 16.5. The van der Waals surface area contributed by atoms with Crippen molar-refractivity contribution in [2.75, 3.05) is 11.9 Å². The molecule has 3 aromatic carbocycles. The van der Waals surface area contributed by atoms with Gasteiger partial charge in [0.25, 0.3) is 5.91 Å². The van der Waals surface area contributed by atoms with Crippen molar-refractivity contribution in [1.82, 2.24) is 0 Å². The SMILES string of the molecule is CCOc1ccc(C(=O)Nc2ccc(C)cc2C)cc1COc1ccc(C(C)(C)C)cc1. The van der Waals surface area contributed by atoms with Gasteiger partial charge < -0.3 is 14.8 Å². The molecule has 32 heavy (non-hydrogen) atoms. The fourth-order valence-corrected chi connectivity index (χ4v) is 3.49. The van der Waals surface area contributed by atoms with Gasteiger partial charge in [-0.1, -0.05) is 50.6 Å². The first-order chi connectivity index (χ1) is 15.2. The Bertz CT molecular complexity index is 1080. The van der Waals surface area contributed by atoms with E-state index in [-0.39, 0.29) is 11.3 Å². The molecule has 3 rings (SSSR count). The van der Waals surface area contributed by atoms with Crippen LogP contribution in [0.1, 0.15) is 60.3 Å². The van der Waals surface area contributed by atoms with Gasteiger partial charge in [0.2, 0.25) is 0 Å². The van der Waals surface area contributed by atoms with E-state index in [0.29, 0.717) is 18.8 Å². The molecular formula is C28H33NO3. The van der Waals surface area contributed by atoms with Crippen LogP contribution in [0.5, 0.6) is 11.5 Å². The Morgan fingerprint density at radius 2 is 1.62 bits per heavy atom. The van der Waals surface area contributed by atoms with E-state index in [1.807, 2.05) is 57.2 Å². The van der Waals surface area contributed by atoms with Gasteiger partial charge in [0.05, 0.1) is 6.61 Å². The van der Waals surface area contributed by atoms with E-state index < -0.39 is 0 Å². The smallest absolute Gasteiger partial charge is 0.255 e. The van der Waals surface area contributed by atoms with Crippen LogP contribution < -0.4 is 14.8 Å². The molecule has 0 spiro atoms. The largest absolute Gasteiger partial charge is 0.493 e. The zero-order chi connectivity index (χ0) is 23.3. The van der Waals surface area contributed by atoms with Gasteiger partial charge in [-0.05, 0) is 73.7 Å². The van der Waals surface area contributed by atoms with Gasteiger partial charge in [-0.15, -0.1) is 0 Å². The number of carbonyl (C=O) groups is 1. The topological polar surface area (TPSA) is 47.6 Å². The number of benzene rings is 3. The summed E-state index contributed by atoms with van der Waals surface area (Å²) in [6, 6.07) is 19.6. The highest BCUT2D eigenvalue weighted by molar-refractivity contribution is 6.04. The lowest BCUT2D eigenvalue weighted by Gasteiger charge is -2.19. The second-order valence-electron chi connectivity index (χ2n) is 9.09. The number of ether oxygens (including phenoxy) is 2. The van der Waals surface area contributed by atoms with E-state index in [4.69, 9.17) is 9.47 Å². The van der Waals surface area contributed by atoms with Crippen LogP contribution in [0.15, 0.2) is 60.7 Å². The van der Waals surface area contributed by atoms with Crippen LogP contribution in [-0.2, 0) is 12.0 Å². The first-order valence-corrected chi connectivity index (χ1v) is 11.0. The molecule has 0 aromatic heterocycles. The number of amides is 1. The molecule has 0 atom stereocenters. The minimum atomic E-state index is -0.157. The van der Waals surface area contributed by atoms with Gasteiger partial charge >= 0.3 is 0 Å². The van der Waals surface area contributed by atoms with Gasteiger partial charge in [-0.25, -0.2) is 0 Å². The van der Waals surface area contributed by atoms with Crippen molar-refractivity contribution in [3.05, 3.63) is 88.5 Å². The Morgan fingerprint density at radius 1 is 0.906 bits per heavy atom. The molecule has 4 heteroatoms. The molecule has 1 amide bonds. The fourth-order valence-electron chi connectivity index (χ4n) is 3.49. The molecule has 0 aliphatic rings. The molecule has 0 bridgehead atoms. The average Bonchev–Trinajstić information content (AvgIpc) is 2.74. The summed E-state index contributed by atoms with van der Waals surface area (Å²) in [5.41, 5.74) is 5.76. The lowest BCUT2D eigenvalue weighted by molar-refractivity contribution is 0.102. The van der Waals surface area contributed by atoms with Crippen molar-refractivity contribution in [3.63, 3.8) is 0 Å². The van der Waals surface area contributed by atoms with Gasteiger partial charge in [0.1, 0.15) is 18.1 Å². The third-order valence-electron chi connectivity index (χ3n) is 5.37. The van der Waals surface area contributed by atoms with E-state index in [1.54, 1.807) is 6.07 Å². The van der Waals surface area contributed by atoms with Crippen LogP contribution in [0, 0.1) is 13.8 Å². The van der Waals surface area contributed by atoms with Gasteiger partial charge in [-0.3, -0.25) is 4.79 Å². The molecule has 168 valence electrons. The molecule has 0 saturated heterocycles. The van der Waals surface area contributed by atoms with E-state index in [1.165, 1.54) is 5.56 Å². The molecule has 0 fully saturated rings. The standard InChI is InChI=1S/C28H33NO3/c1-7-31-26-15-9-21(27(30)29-25-14-8-19(2)16-20(25)3)17-22(26)18-32-24-12-10-23(11-13-24)28(4,5)6/h8-17H,7,18H2,1-6H3,(H,29,30). The van der Waals surface area contributed by atoms with Crippen LogP contribution in [0.2, 0.25) is 0 Å². The summed E-state index contributed by atoms with van der Waals surface area (Å²) in [6.45, 7) is 13.4. The summed E-state index contributed by atoms with van der Waals surface area (Å²) in [5.74, 6) is 1.35. The maximum atomic E-state index is 12.9. The first-order valence-electron chi connectivity index (χ1n) is 11.0. The Labute approximate surface area is 191 Å². The molecule has 3 aromatic rings. The van der Waals surface area contributed by atoms with Gasteiger partial charge in [0, 0.05) is 16.8 Å². The van der Waals surface area contributed by atoms with Crippen LogP contribution in [-0.4, -0.2) is 12.5 Å². The summed E-state index contributed by atoms with van der Waals surface area (Å²) in [7, 11) is 0. The molecular weight excluding hydrogens is 398 g/mol. The minimum absolute atomic E-state index is 0.0954. The minimum Gasteiger partial charge on any atom is -0.493 e. The molecule has 0 heterocycles. The second-order valence-corrected chi connectivity index (χ2v) is 9.09. The maximum absolute atomic E-state index is 12.9. The number of hydrogen-bond donors (Lipinski definition) is 1. The third kappa shape index (κ3) is 5.91. The predicted molar refractivity (Wildman–Crippen MR) is 131 cm³/mol. The molecule has 1 N–H and O–H groups in total. The van der Waals surface area contributed by atoms with Crippen LogP contribution >= 0.6 is 0 Å². The highest BCUT2D eigenvalue weighted by Gasteiger charge is 2.15. The van der Waals surface area contributed by atoms with Crippen molar-refractivity contribution in [2.24, 2.45) is 0 Å². The number of nitrogens with one attached hydrogen (secondary N) is 1. The zero-order valence-electron chi connectivity index (χ0n) is 19.9. The lowest BCUT2D eigenvalue weighted by atomic mass is 9.87. The number of carbonyl (C=O) groups excluding carboxylic acids is 1. The monoisotopic (exact) mass is 431 g/mol. The number of rotatable bonds is 7. The van der Waals surface area contributed by atoms with Crippen molar-refractivity contribution in [2.45, 2.75) is 53.6 Å². The molecule has 0 aliphatic heterocycles. The summed E-state index contributed by atoms with van der Waals surface area (Å²) < 4.78 is 11.8. The molecule has 4 nitrogen and oxygen atoms in total. The summed E-state index contributed by atoms with van der Waals surface area (Å²) >= 11 is 0. The first kappa shape index (κ1) is 23.4. The van der Waals surface area contributed by atoms with Crippen molar-refractivity contribution >= 4 is 11.6 Å². The Kier molecular flexibility index (Phi) is 7.24. The van der Waals surface area contributed by atoms with Crippen LogP contribution in [0.3, 0.4) is 0 Å². The van der Waals surface area contributed by atoms with E-state index >= 15 is 0 Å². The van der Waals surface area contributed by atoms with Crippen LogP contribution in [0.4, 0.5) is 5.69 Å². The Balaban J connectivity index is 1.77. The number of hydrogen-bond acceptors (Lipinski definition) is 3.